The first-order chi connectivity index (χ1) is 28.8. The molecule has 2 unspecified atom stereocenters. The van der Waals surface area contributed by atoms with Gasteiger partial charge in [0.1, 0.15) is 28.9 Å². The van der Waals surface area contributed by atoms with Crippen LogP contribution in [0.3, 0.4) is 0 Å². The molecular formula is C43H51N7O11. The van der Waals surface area contributed by atoms with E-state index in [1.165, 1.54) is 25.3 Å². The Hall–Kier alpha value is -6.56. The van der Waals surface area contributed by atoms with E-state index in [0.29, 0.717) is 66.1 Å². The fourth-order valence-electron chi connectivity index (χ4n) is 7.97. The molecule has 3 aromatic rings. The molecule has 0 aromatic heterocycles. The van der Waals surface area contributed by atoms with Gasteiger partial charge in [-0.1, -0.05) is 13.8 Å². The number of nitro benzene ring substituents is 1. The van der Waals surface area contributed by atoms with E-state index in [1.807, 2.05) is 4.90 Å². The fourth-order valence-corrected chi connectivity index (χ4v) is 7.97. The third-order valence-electron chi connectivity index (χ3n) is 10.8. The highest BCUT2D eigenvalue weighted by Crippen LogP contribution is 2.57. The Bertz CT molecular complexity index is 2280. The minimum Gasteiger partial charge on any atom is -0.497 e. The average Bonchev–Trinajstić information content (AvgIpc) is 3.78. The maximum absolute atomic E-state index is 14.2. The molecule has 0 saturated carbocycles. The normalized spacial score (nSPS) is 18.7. The number of aliphatic imine (C=N–C) groups is 1. The smallest absolute Gasteiger partial charge is 0.377 e. The number of nitrogens with one attached hydrogen (secondary N) is 2. The number of esters is 2. The minimum atomic E-state index is -1.54. The molecule has 0 bridgehead atoms. The van der Waals surface area contributed by atoms with Gasteiger partial charge in [0.2, 0.25) is 11.8 Å². The number of likely N-dealkylation sites (tertiary alicyclic amines) is 1. The first-order valence-corrected chi connectivity index (χ1v) is 20.0. The summed E-state index contributed by atoms with van der Waals surface area (Å²) in [5, 5.41) is 17.4. The van der Waals surface area contributed by atoms with Gasteiger partial charge in [-0.05, 0) is 89.2 Å². The van der Waals surface area contributed by atoms with E-state index in [1.54, 1.807) is 71.0 Å². The second kappa shape index (κ2) is 17.6. The predicted molar refractivity (Wildman–Crippen MR) is 222 cm³/mol. The highest BCUT2D eigenvalue weighted by molar-refractivity contribution is 6.36. The van der Waals surface area contributed by atoms with Crippen molar-refractivity contribution >= 4 is 46.9 Å². The number of rotatable bonds is 15. The van der Waals surface area contributed by atoms with Crippen LogP contribution in [0.5, 0.6) is 17.2 Å². The number of anilines is 1. The summed E-state index contributed by atoms with van der Waals surface area (Å²) in [7, 11) is 1.49. The first kappa shape index (κ1) is 44.0. The summed E-state index contributed by atoms with van der Waals surface area (Å²) >= 11 is 0. The highest BCUT2D eigenvalue weighted by atomic mass is 16.6. The highest BCUT2D eigenvalue weighted by Gasteiger charge is 2.54. The SMILES string of the molecule is COc1ccc2c(c1)Oc1cc(NC(=O)C(CCCN=C(N)N)CN3CCC[C@H]3C(=O)N[C@H](C(=O)C(=O)OC(C)(C)C)C(C)C)ccc1C21OC(=O)c2cc([N+](=O)[O-])ccc21. The van der Waals surface area contributed by atoms with Crippen molar-refractivity contribution < 1.29 is 47.8 Å². The molecule has 1 fully saturated rings. The van der Waals surface area contributed by atoms with Crippen molar-refractivity contribution in [2.75, 3.05) is 32.1 Å². The molecule has 1 spiro atoms. The van der Waals surface area contributed by atoms with Gasteiger partial charge in [0, 0.05) is 59.7 Å². The summed E-state index contributed by atoms with van der Waals surface area (Å²) in [6.07, 6.45) is 1.91. The van der Waals surface area contributed by atoms with Crippen LogP contribution in [0.1, 0.15) is 87.4 Å². The molecule has 6 N–H and O–H groups in total. The molecule has 2 amide bonds. The number of carbonyl (C=O) groups is 5. The molecule has 1 saturated heterocycles. The second-order valence-corrected chi connectivity index (χ2v) is 16.6. The lowest BCUT2D eigenvalue weighted by atomic mass is 9.77. The molecule has 18 nitrogen and oxygen atoms in total. The van der Waals surface area contributed by atoms with Crippen molar-refractivity contribution in [3.8, 4) is 17.2 Å². The van der Waals surface area contributed by atoms with Crippen LogP contribution in [0.2, 0.25) is 0 Å². The number of nitrogens with zero attached hydrogens (tertiary/aromatic N) is 3. The number of guanidine groups is 1. The van der Waals surface area contributed by atoms with Crippen LogP contribution in [0.25, 0.3) is 0 Å². The number of nitrogens with two attached hydrogens (primary N) is 2. The molecule has 18 heteroatoms. The number of fused-ring (bicyclic) bond motifs is 6. The van der Waals surface area contributed by atoms with Crippen LogP contribution in [0.15, 0.2) is 59.6 Å². The van der Waals surface area contributed by atoms with Gasteiger partial charge in [-0.2, -0.15) is 0 Å². The zero-order valence-corrected chi connectivity index (χ0v) is 34.9. The third kappa shape index (κ3) is 9.28. The molecule has 0 aliphatic carbocycles. The Balaban J connectivity index is 1.26. The maximum Gasteiger partial charge on any atom is 0.377 e. The van der Waals surface area contributed by atoms with E-state index in [9.17, 15) is 34.1 Å². The molecule has 3 aliphatic heterocycles. The number of hydrogen-bond donors (Lipinski definition) is 4. The Kier molecular flexibility index (Phi) is 12.7. The number of Topliss-reactive ketones (excluding diaryl/α,β-unsaturated/α-hetero) is 1. The van der Waals surface area contributed by atoms with Crippen LogP contribution in [0.4, 0.5) is 11.4 Å². The van der Waals surface area contributed by atoms with E-state index in [4.69, 9.17) is 30.4 Å². The van der Waals surface area contributed by atoms with Crippen LogP contribution in [-0.2, 0) is 34.3 Å². The monoisotopic (exact) mass is 841 g/mol. The second-order valence-electron chi connectivity index (χ2n) is 16.6. The molecular weight excluding hydrogens is 791 g/mol. The average molecular weight is 842 g/mol. The van der Waals surface area contributed by atoms with Crippen molar-refractivity contribution in [2.45, 2.75) is 83.6 Å². The zero-order valence-electron chi connectivity index (χ0n) is 34.9. The fraction of sp³-hybridized carbons (Fsp3) is 0.442. The Morgan fingerprint density at radius 2 is 1.72 bits per heavy atom. The Morgan fingerprint density at radius 1 is 1.03 bits per heavy atom. The minimum absolute atomic E-state index is 0.0352. The van der Waals surface area contributed by atoms with Gasteiger partial charge in [-0.3, -0.25) is 34.4 Å². The van der Waals surface area contributed by atoms with E-state index < -0.39 is 63.7 Å². The van der Waals surface area contributed by atoms with Crippen molar-refractivity contribution in [3.63, 3.8) is 0 Å². The lowest BCUT2D eigenvalue weighted by Crippen LogP contribution is -2.54. The summed E-state index contributed by atoms with van der Waals surface area (Å²) in [4.78, 5) is 84.3. The van der Waals surface area contributed by atoms with Crippen LogP contribution >= 0.6 is 0 Å². The molecule has 6 rings (SSSR count). The summed E-state index contributed by atoms with van der Waals surface area (Å²) in [5.41, 5.74) is 10.1. The number of nitro groups is 1. The topological polar surface area (TPSA) is 257 Å². The van der Waals surface area contributed by atoms with E-state index in [2.05, 4.69) is 15.6 Å². The summed E-state index contributed by atoms with van der Waals surface area (Å²) < 4.78 is 23.3. The van der Waals surface area contributed by atoms with Crippen molar-refractivity contribution in [1.82, 2.24) is 10.2 Å². The summed E-state index contributed by atoms with van der Waals surface area (Å²) in [5.74, 6) is -3.58. The number of ether oxygens (including phenoxy) is 4. The first-order valence-electron chi connectivity index (χ1n) is 20.0. The van der Waals surface area contributed by atoms with Crippen molar-refractivity contribution in [3.05, 3.63) is 87.0 Å². The van der Waals surface area contributed by atoms with Gasteiger partial charge in [0.25, 0.3) is 11.5 Å². The number of non-ortho nitro benzene ring substituents is 1. The van der Waals surface area contributed by atoms with Crippen LogP contribution in [-0.4, -0.2) is 89.7 Å². The zero-order chi connectivity index (χ0) is 44.4. The number of carbonyl (C=O) groups excluding carboxylic acids is 5. The van der Waals surface area contributed by atoms with E-state index >= 15 is 0 Å². The number of hydrogen-bond acceptors (Lipinski definition) is 13. The number of ketones is 1. The summed E-state index contributed by atoms with van der Waals surface area (Å²) in [6, 6.07) is 12.1. The quantitative estimate of drug-likeness (QED) is 0.0317. The van der Waals surface area contributed by atoms with Gasteiger partial charge in [0.15, 0.2) is 11.6 Å². The molecule has 324 valence electrons. The van der Waals surface area contributed by atoms with E-state index in [0.717, 1.165) is 0 Å². The molecule has 3 heterocycles. The van der Waals surface area contributed by atoms with Gasteiger partial charge in [-0.15, -0.1) is 0 Å². The Morgan fingerprint density at radius 3 is 2.38 bits per heavy atom. The van der Waals surface area contributed by atoms with E-state index in [-0.39, 0.29) is 42.0 Å². The number of methoxy groups -OCH3 is 1. The summed E-state index contributed by atoms with van der Waals surface area (Å²) in [6.45, 7) is 9.35. The number of amides is 2. The van der Waals surface area contributed by atoms with Gasteiger partial charge in [-0.25, -0.2) is 9.59 Å². The van der Waals surface area contributed by atoms with Gasteiger partial charge < -0.3 is 41.0 Å². The largest absolute Gasteiger partial charge is 0.497 e. The van der Waals surface area contributed by atoms with Crippen LogP contribution < -0.4 is 31.6 Å². The molecule has 4 atom stereocenters. The predicted octanol–water partition coefficient (Wildman–Crippen LogP) is 4.30. The van der Waals surface area contributed by atoms with Crippen molar-refractivity contribution in [2.24, 2.45) is 28.3 Å². The number of benzene rings is 3. The maximum atomic E-state index is 14.2. The standard InChI is InChI=1S/C43H51N7O11/c1-23(2)35(36(51)40(55)60-42(3,4)5)48-38(53)32-10-8-18-49(32)22-24(9-7-17-46-41(44)45)37(52)47-25-11-14-30-33(19-25)59-34-21-27(58-6)13-16-31(34)43(30)29-15-12-26(50(56)57)20-28(29)39(54)61-43/h11-16,19-21,23-24,32,35H,7-10,17-18,22H2,1-6H3,(H,47,52)(H,48,53)(H4,44,45,46)/t24?,32-,35-,43?/m0/s1. The Labute approximate surface area is 352 Å². The lowest BCUT2D eigenvalue weighted by Gasteiger charge is -2.36. The van der Waals surface area contributed by atoms with Crippen molar-refractivity contribution in [1.29, 1.82) is 0 Å². The van der Waals surface area contributed by atoms with Gasteiger partial charge >= 0.3 is 11.9 Å². The molecule has 0 radical (unpaired) electrons. The lowest BCUT2D eigenvalue weighted by molar-refractivity contribution is -0.384. The third-order valence-corrected chi connectivity index (χ3v) is 10.8. The van der Waals surface area contributed by atoms with Gasteiger partial charge in [0.05, 0.1) is 29.6 Å². The molecule has 61 heavy (non-hydrogen) atoms. The molecule has 3 aliphatic rings. The molecule has 3 aromatic carbocycles. The van der Waals surface area contributed by atoms with Crippen LogP contribution in [0, 0.1) is 22.0 Å².